The maximum atomic E-state index is 12.3. The van der Waals surface area contributed by atoms with Crippen molar-refractivity contribution in [3.8, 4) is 12.3 Å². The van der Waals surface area contributed by atoms with E-state index >= 15 is 0 Å². The maximum absolute atomic E-state index is 12.3. The topological polar surface area (TPSA) is 52.7 Å². The molecule has 1 aliphatic rings. The molecule has 0 radical (unpaired) electrons. The van der Waals surface area contributed by atoms with Gasteiger partial charge in [0.15, 0.2) is 0 Å². The minimum Gasteiger partial charge on any atom is -0.347 e. The Hall–Kier alpha value is -2.32. The Morgan fingerprint density at radius 2 is 2.08 bits per heavy atom. The highest BCUT2D eigenvalue weighted by atomic mass is 16.2. The van der Waals surface area contributed by atoms with Crippen molar-refractivity contribution in [2.45, 2.75) is 31.8 Å². The predicted molar refractivity (Wildman–Crippen MR) is 94.2 cm³/mol. The van der Waals surface area contributed by atoms with Crippen molar-refractivity contribution in [3.05, 3.63) is 35.4 Å². The Bertz CT molecular complexity index is 648. The molecule has 1 N–H and O–H groups in total. The quantitative estimate of drug-likeness (QED) is 0.799. The summed E-state index contributed by atoms with van der Waals surface area (Å²) in [6, 6.07) is 7.89. The van der Waals surface area contributed by atoms with Crippen LogP contribution in [0, 0.1) is 12.3 Å². The van der Waals surface area contributed by atoms with E-state index in [0.717, 1.165) is 12.8 Å². The molecular formula is C19H25N3O2. The predicted octanol–water partition coefficient (Wildman–Crippen LogP) is 1.20. The van der Waals surface area contributed by atoms with Gasteiger partial charge in [0, 0.05) is 20.1 Å². The van der Waals surface area contributed by atoms with E-state index in [-0.39, 0.29) is 24.4 Å². The second-order valence-corrected chi connectivity index (χ2v) is 6.38. The van der Waals surface area contributed by atoms with Gasteiger partial charge in [0.1, 0.15) is 6.04 Å². The van der Waals surface area contributed by atoms with Gasteiger partial charge in [0.25, 0.3) is 0 Å². The third-order valence-corrected chi connectivity index (χ3v) is 4.37. The van der Waals surface area contributed by atoms with Crippen LogP contribution in [0.4, 0.5) is 0 Å². The van der Waals surface area contributed by atoms with Crippen LogP contribution in [0.25, 0.3) is 0 Å². The minimum atomic E-state index is -0.545. The lowest BCUT2D eigenvalue weighted by Crippen LogP contribution is -2.48. The van der Waals surface area contributed by atoms with Gasteiger partial charge in [-0.2, -0.15) is 0 Å². The SMILES string of the molecule is C#CCN(CC(=O)NC(C)C(=O)N(C)C)C1CCc2ccccc21. The van der Waals surface area contributed by atoms with Crippen LogP contribution in [0.3, 0.4) is 0 Å². The number of nitrogens with zero attached hydrogens (tertiary/aromatic N) is 2. The number of hydrogen-bond acceptors (Lipinski definition) is 3. The number of terminal acetylenes is 1. The molecular weight excluding hydrogens is 302 g/mol. The zero-order chi connectivity index (χ0) is 17.7. The molecule has 0 aromatic heterocycles. The number of benzene rings is 1. The van der Waals surface area contributed by atoms with Crippen LogP contribution in [-0.4, -0.2) is 54.8 Å². The zero-order valence-corrected chi connectivity index (χ0v) is 14.6. The normalized spacial score (nSPS) is 17.0. The molecule has 1 aliphatic carbocycles. The molecule has 0 spiro atoms. The first-order valence-corrected chi connectivity index (χ1v) is 8.20. The first-order valence-electron chi connectivity index (χ1n) is 8.20. The molecule has 5 nitrogen and oxygen atoms in total. The summed E-state index contributed by atoms with van der Waals surface area (Å²) >= 11 is 0. The third kappa shape index (κ3) is 4.15. The highest BCUT2D eigenvalue weighted by Gasteiger charge is 2.29. The summed E-state index contributed by atoms with van der Waals surface area (Å²) in [4.78, 5) is 27.7. The van der Waals surface area contributed by atoms with Gasteiger partial charge >= 0.3 is 0 Å². The molecule has 0 aliphatic heterocycles. The van der Waals surface area contributed by atoms with Gasteiger partial charge in [0.2, 0.25) is 11.8 Å². The number of aryl methyl sites for hydroxylation is 1. The number of carbonyl (C=O) groups excluding carboxylic acids is 2. The van der Waals surface area contributed by atoms with Gasteiger partial charge < -0.3 is 10.2 Å². The van der Waals surface area contributed by atoms with E-state index in [1.807, 2.05) is 17.0 Å². The Kier molecular flexibility index (Phi) is 5.99. The number of carbonyl (C=O) groups is 2. The van der Waals surface area contributed by atoms with Crippen LogP contribution in [0.15, 0.2) is 24.3 Å². The summed E-state index contributed by atoms with van der Waals surface area (Å²) in [6.07, 6.45) is 7.46. The lowest BCUT2D eigenvalue weighted by atomic mass is 10.1. The van der Waals surface area contributed by atoms with Crippen molar-refractivity contribution >= 4 is 11.8 Å². The van der Waals surface area contributed by atoms with E-state index in [1.165, 1.54) is 16.0 Å². The first kappa shape index (κ1) is 18.0. The van der Waals surface area contributed by atoms with Crippen LogP contribution in [0.5, 0.6) is 0 Å². The molecule has 24 heavy (non-hydrogen) atoms. The summed E-state index contributed by atoms with van der Waals surface area (Å²) in [5.74, 6) is 2.34. The van der Waals surface area contributed by atoms with Crippen molar-refractivity contribution < 1.29 is 9.59 Å². The van der Waals surface area contributed by atoms with Gasteiger partial charge in [-0.25, -0.2) is 0 Å². The number of hydrogen-bond donors (Lipinski definition) is 1. The largest absolute Gasteiger partial charge is 0.347 e. The number of fused-ring (bicyclic) bond motifs is 1. The van der Waals surface area contributed by atoms with Crippen molar-refractivity contribution in [1.29, 1.82) is 0 Å². The Labute approximate surface area is 144 Å². The van der Waals surface area contributed by atoms with Gasteiger partial charge in [-0.15, -0.1) is 6.42 Å². The van der Waals surface area contributed by atoms with E-state index in [4.69, 9.17) is 6.42 Å². The lowest BCUT2D eigenvalue weighted by Gasteiger charge is -2.28. The van der Waals surface area contributed by atoms with E-state index < -0.39 is 6.04 Å². The lowest BCUT2D eigenvalue weighted by molar-refractivity contribution is -0.134. The van der Waals surface area contributed by atoms with E-state index in [1.54, 1.807) is 21.0 Å². The van der Waals surface area contributed by atoms with Gasteiger partial charge in [0.05, 0.1) is 13.1 Å². The molecule has 1 aromatic rings. The highest BCUT2D eigenvalue weighted by Crippen LogP contribution is 2.35. The Morgan fingerprint density at radius 3 is 2.75 bits per heavy atom. The van der Waals surface area contributed by atoms with Gasteiger partial charge in [-0.1, -0.05) is 30.2 Å². The average molecular weight is 327 g/mol. The molecule has 0 saturated heterocycles. The zero-order valence-electron chi connectivity index (χ0n) is 14.6. The monoisotopic (exact) mass is 327 g/mol. The first-order chi connectivity index (χ1) is 11.4. The van der Waals surface area contributed by atoms with Crippen molar-refractivity contribution in [3.63, 3.8) is 0 Å². The second kappa shape index (κ2) is 7.98. The Balaban J connectivity index is 2.03. The molecule has 2 rings (SSSR count). The molecule has 0 bridgehead atoms. The fourth-order valence-electron chi connectivity index (χ4n) is 3.23. The van der Waals surface area contributed by atoms with Crippen molar-refractivity contribution in [1.82, 2.24) is 15.1 Å². The minimum absolute atomic E-state index is 0.127. The fraction of sp³-hybridized carbons (Fsp3) is 0.474. The Morgan fingerprint density at radius 1 is 1.38 bits per heavy atom. The highest BCUT2D eigenvalue weighted by molar-refractivity contribution is 5.87. The van der Waals surface area contributed by atoms with E-state index in [0.29, 0.717) is 6.54 Å². The van der Waals surface area contributed by atoms with E-state index in [2.05, 4.69) is 23.4 Å². The number of nitrogens with one attached hydrogen (secondary N) is 1. The van der Waals surface area contributed by atoms with Crippen molar-refractivity contribution in [2.24, 2.45) is 0 Å². The van der Waals surface area contributed by atoms with Gasteiger partial charge in [-0.3, -0.25) is 14.5 Å². The van der Waals surface area contributed by atoms with Crippen LogP contribution < -0.4 is 5.32 Å². The maximum Gasteiger partial charge on any atom is 0.244 e. The van der Waals surface area contributed by atoms with Crippen molar-refractivity contribution in [2.75, 3.05) is 27.2 Å². The molecule has 0 heterocycles. The smallest absolute Gasteiger partial charge is 0.244 e. The third-order valence-electron chi connectivity index (χ3n) is 4.37. The fourth-order valence-corrected chi connectivity index (χ4v) is 3.23. The molecule has 0 fully saturated rings. The average Bonchev–Trinajstić information content (AvgIpc) is 2.97. The molecule has 2 unspecified atom stereocenters. The molecule has 0 saturated carbocycles. The number of amides is 2. The van der Waals surface area contributed by atoms with Gasteiger partial charge in [-0.05, 0) is 30.9 Å². The van der Waals surface area contributed by atoms with Crippen LogP contribution in [0.1, 0.15) is 30.5 Å². The summed E-state index contributed by atoms with van der Waals surface area (Å²) in [6.45, 7) is 2.29. The summed E-state index contributed by atoms with van der Waals surface area (Å²) in [5.41, 5.74) is 2.57. The molecule has 1 aromatic carbocycles. The summed E-state index contributed by atoms with van der Waals surface area (Å²) in [7, 11) is 3.34. The van der Waals surface area contributed by atoms with Crippen LogP contribution in [0.2, 0.25) is 0 Å². The molecule has 2 amide bonds. The number of likely N-dealkylation sites (N-methyl/N-ethyl adjacent to an activating group) is 1. The summed E-state index contributed by atoms with van der Waals surface area (Å²) < 4.78 is 0. The van der Waals surface area contributed by atoms with Crippen LogP contribution >= 0.6 is 0 Å². The second-order valence-electron chi connectivity index (χ2n) is 6.38. The molecule has 2 atom stereocenters. The summed E-state index contributed by atoms with van der Waals surface area (Å²) in [5, 5.41) is 2.76. The standard InChI is InChI=1S/C19H25N3O2/c1-5-12-22(13-18(23)20-14(2)19(24)21(3)4)17-11-10-15-8-6-7-9-16(15)17/h1,6-9,14,17H,10-13H2,2-4H3,(H,20,23). The van der Waals surface area contributed by atoms with E-state index in [9.17, 15) is 9.59 Å². The number of rotatable bonds is 6. The van der Waals surface area contributed by atoms with Crippen LogP contribution in [-0.2, 0) is 16.0 Å². The molecule has 128 valence electrons. The molecule has 5 heteroatoms.